The van der Waals surface area contributed by atoms with E-state index >= 15 is 0 Å². The van der Waals surface area contributed by atoms with Gasteiger partial charge in [0.15, 0.2) is 0 Å². The summed E-state index contributed by atoms with van der Waals surface area (Å²) in [6.07, 6.45) is 4.63. The second kappa shape index (κ2) is 13.2. The van der Waals surface area contributed by atoms with Crippen LogP contribution in [0.1, 0.15) is 42.0 Å². The maximum atomic E-state index is 6.22. The van der Waals surface area contributed by atoms with Gasteiger partial charge < -0.3 is 9.47 Å². The molecule has 2 nitrogen and oxygen atoms in total. The second-order valence-electron chi connectivity index (χ2n) is 10.7. The lowest BCUT2D eigenvalue weighted by Crippen LogP contribution is -2.06. The number of hydrogen-bond donors (Lipinski definition) is 0. The number of benzene rings is 2. The number of hydrogen-bond acceptors (Lipinski definition) is 2. The van der Waals surface area contributed by atoms with Crippen molar-refractivity contribution in [2.45, 2.75) is 26.7 Å². The van der Waals surface area contributed by atoms with E-state index in [-0.39, 0.29) is 0 Å². The molecule has 0 saturated carbocycles. The lowest BCUT2D eigenvalue weighted by atomic mass is 10.1. The van der Waals surface area contributed by atoms with E-state index in [9.17, 15) is 0 Å². The number of ether oxygens (including phenoxy) is 2. The minimum Gasteiger partial charge on any atom is -0.493 e. The van der Waals surface area contributed by atoms with Crippen LogP contribution in [0.25, 0.3) is 0 Å². The summed E-state index contributed by atoms with van der Waals surface area (Å²) in [7, 11) is -1.57. The van der Waals surface area contributed by atoms with E-state index in [1.54, 1.807) is 0 Å². The van der Waals surface area contributed by atoms with Crippen molar-refractivity contribution in [1.82, 2.24) is 0 Å². The smallest absolute Gasteiger partial charge is 0.135 e. The lowest BCUT2D eigenvalue weighted by molar-refractivity contribution is 0.307. The van der Waals surface area contributed by atoms with E-state index in [2.05, 4.69) is 82.7 Å². The minimum atomic E-state index is -0.791. The van der Waals surface area contributed by atoms with Gasteiger partial charge in [0.25, 0.3) is 0 Å². The van der Waals surface area contributed by atoms with Gasteiger partial charge in [0, 0.05) is 78.5 Å². The topological polar surface area (TPSA) is 18.5 Å². The van der Waals surface area contributed by atoms with Gasteiger partial charge in [0.05, 0.1) is 31.1 Å². The van der Waals surface area contributed by atoms with E-state index in [1.165, 1.54) is 12.3 Å². The van der Waals surface area contributed by atoms with Crippen molar-refractivity contribution in [1.29, 1.82) is 0 Å². The molecule has 0 amide bonds. The van der Waals surface area contributed by atoms with Gasteiger partial charge in [-0.05, 0) is 55.8 Å². The molecule has 0 aliphatic rings. The zero-order valence-electron chi connectivity index (χ0n) is 22.4. The fraction of sp³-hybridized carbons (Fsp3) is 0.467. The van der Waals surface area contributed by atoms with Crippen LogP contribution >= 0.6 is 14.5 Å². The maximum absolute atomic E-state index is 6.22. The normalized spacial score (nSPS) is 11.2. The summed E-state index contributed by atoms with van der Waals surface area (Å²) in [4.78, 5) is 0. The van der Waals surface area contributed by atoms with Gasteiger partial charge in [0.2, 0.25) is 0 Å². The molecular weight excluding hydrogens is 454 g/mol. The van der Waals surface area contributed by atoms with Crippen molar-refractivity contribution >= 4 is 14.5 Å². The van der Waals surface area contributed by atoms with Crippen molar-refractivity contribution < 1.29 is 9.47 Å². The van der Waals surface area contributed by atoms with Crippen LogP contribution in [-0.4, -0.2) is 65.5 Å². The highest BCUT2D eigenvalue weighted by Crippen LogP contribution is 2.47. The lowest BCUT2D eigenvalue weighted by Gasteiger charge is -2.16. The molecule has 182 valence electrons. The third-order valence-electron chi connectivity index (χ3n) is 5.23. The molecule has 2 rings (SSSR count). The van der Waals surface area contributed by atoms with Gasteiger partial charge >= 0.3 is 0 Å². The second-order valence-corrected chi connectivity index (χ2v) is 20.8. The van der Waals surface area contributed by atoms with Crippen LogP contribution in [0, 0.1) is 30.6 Å². The Kier molecular flexibility index (Phi) is 11.0. The van der Waals surface area contributed by atoms with Gasteiger partial charge in [-0.3, -0.25) is 0 Å². The predicted octanol–water partition coefficient (Wildman–Crippen LogP) is 7.12. The van der Waals surface area contributed by atoms with Crippen LogP contribution in [0.4, 0.5) is 0 Å². The van der Waals surface area contributed by atoms with E-state index in [0.717, 1.165) is 53.2 Å². The van der Waals surface area contributed by atoms with Crippen LogP contribution in [0.15, 0.2) is 36.4 Å². The Balaban J connectivity index is 2.22. The predicted molar refractivity (Wildman–Crippen MR) is 155 cm³/mol. The minimum absolute atomic E-state index is 0.714. The highest BCUT2D eigenvalue weighted by Gasteiger charge is 2.17. The average Bonchev–Trinajstić information content (AvgIpc) is 2.74. The molecule has 0 aliphatic heterocycles. The van der Waals surface area contributed by atoms with Crippen molar-refractivity contribution in [2.24, 2.45) is 0 Å². The average molecular weight is 497 g/mol. The third-order valence-corrected chi connectivity index (χ3v) is 8.55. The van der Waals surface area contributed by atoms with Gasteiger partial charge in [-0.1, -0.05) is 17.8 Å². The van der Waals surface area contributed by atoms with E-state index in [0.29, 0.717) is 6.61 Å². The molecule has 0 aromatic heterocycles. The van der Waals surface area contributed by atoms with Crippen LogP contribution in [0.2, 0.25) is 0 Å². The third kappa shape index (κ3) is 11.0. The van der Waals surface area contributed by atoms with E-state index in [1.807, 2.05) is 31.2 Å². The molecule has 0 aliphatic carbocycles. The summed E-state index contributed by atoms with van der Waals surface area (Å²) in [6, 6.07) is 12.2. The highest BCUT2D eigenvalue weighted by atomic mass is 31.2. The first-order valence-corrected chi connectivity index (χ1v) is 18.7. The number of rotatable bonds is 10. The zero-order valence-corrected chi connectivity index (χ0v) is 24.2. The molecule has 0 saturated heterocycles. The largest absolute Gasteiger partial charge is 0.493 e. The summed E-state index contributed by atoms with van der Waals surface area (Å²) < 4.78 is 12.4. The van der Waals surface area contributed by atoms with Gasteiger partial charge in [0.1, 0.15) is 11.5 Å². The first kappa shape index (κ1) is 28.3. The molecule has 0 unspecified atom stereocenters. The molecule has 0 bridgehead atoms. The van der Waals surface area contributed by atoms with Crippen molar-refractivity contribution in [3.8, 4) is 35.2 Å². The SMILES string of the molecule is CC#Cc1ccc(C#Cc2cc(OCCC[P+](C)(C)C)c(C)cc2OCCC[P+](C)(C)C)cc1. The van der Waals surface area contributed by atoms with E-state index < -0.39 is 14.5 Å². The van der Waals surface area contributed by atoms with Crippen LogP contribution < -0.4 is 9.47 Å². The monoisotopic (exact) mass is 496 g/mol. The quantitative estimate of drug-likeness (QED) is 0.198. The molecular formula is C30H42O2P2+2. The summed E-state index contributed by atoms with van der Waals surface area (Å²) in [5.74, 6) is 14.4. The van der Waals surface area contributed by atoms with Gasteiger partial charge in [-0.2, -0.15) is 0 Å². The molecule has 2 aromatic carbocycles. The zero-order chi connectivity index (χ0) is 25.2. The molecule has 4 heteroatoms. The Bertz CT molecular complexity index is 1050. The van der Waals surface area contributed by atoms with Crippen molar-refractivity contribution in [2.75, 3.05) is 65.5 Å². The molecule has 2 aromatic rings. The van der Waals surface area contributed by atoms with E-state index in [4.69, 9.17) is 9.47 Å². The molecule has 0 radical (unpaired) electrons. The van der Waals surface area contributed by atoms with Crippen LogP contribution in [0.3, 0.4) is 0 Å². The molecule has 0 N–H and O–H groups in total. The fourth-order valence-electron chi connectivity index (χ4n) is 3.40. The molecule has 0 heterocycles. The Labute approximate surface area is 209 Å². The number of aryl methyl sites for hydroxylation is 1. The van der Waals surface area contributed by atoms with Crippen LogP contribution in [-0.2, 0) is 0 Å². The summed E-state index contributed by atoms with van der Waals surface area (Å²) in [5.41, 5.74) is 3.94. The van der Waals surface area contributed by atoms with Gasteiger partial charge in [-0.25, -0.2) is 0 Å². The van der Waals surface area contributed by atoms with Crippen LogP contribution in [0.5, 0.6) is 11.5 Å². The molecule has 34 heavy (non-hydrogen) atoms. The van der Waals surface area contributed by atoms with Gasteiger partial charge in [-0.15, -0.1) is 5.92 Å². The standard InChI is InChI=1S/C30H42O2P2/c1-9-12-26-13-15-27(16-14-26)17-18-28-24-29(31-19-10-21-33(3,4)5)25(2)23-30(28)32-20-11-22-34(6,7)8/h13-16,23-24H,10-11,19-22H2,1-8H3/q+2. The summed E-state index contributed by atoms with van der Waals surface area (Å²) in [6.45, 7) is 19.6. The first-order valence-electron chi connectivity index (χ1n) is 12.0. The molecule has 0 spiro atoms. The first-order chi connectivity index (χ1) is 16.0. The highest BCUT2D eigenvalue weighted by molar-refractivity contribution is 7.74. The Hall–Kier alpha value is -1.98. The molecule has 0 fully saturated rings. The fourth-order valence-corrected chi connectivity index (χ4v) is 5.55. The maximum Gasteiger partial charge on any atom is 0.135 e. The summed E-state index contributed by atoms with van der Waals surface area (Å²) >= 11 is 0. The molecule has 0 atom stereocenters. The van der Waals surface area contributed by atoms with Crippen molar-refractivity contribution in [3.63, 3.8) is 0 Å². The Morgan fingerprint density at radius 1 is 0.676 bits per heavy atom. The summed E-state index contributed by atoms with van der Waals surface area (Å²) in [5, 5.41) is 0. The Morgan fingerprint density at radius 3 is 1.68 bits per heavy atom. The Morgan fingerprint density at radius 2 is 1.18 bits per heavy atom. The van der Waals surface area contributed by atoms with Crippen molar-refractivity contribution in [3.05, 3.63) is 58.7 Å².